The van der Waals surface area contributed by atoms with Crippen LogP contribution in [0.25, 0.3) is 0 Å². The zero-order valence-electron chi connectivity index (χ0n) is 11.7. The Balaban J connectivity index is 2.54. The standard InChI is InChI=1S/C13H21N3O2S/c1-7(2)6-15-12(17)8(3)16-13(18)11-5-10(14)9(4)19-11/h5,7-8H,6,14H2,1-4H3,(H,15,17)(H,16,18). The summed E-state index contributed by atoms with van der Waals surface area (Å²) in [5, 5.41) is 5.44. The maximum Gasteiger partial charge on any atom is 0.262 e. The van der Waals surface area contributed by atoms with Crippen molar-refractivity contribution in [2.24, 2.45) is 5.92 Å². The van der Waals surface area contributed by atoms with Gasteiger partial charge in [0, 0.05) is 17.1 Å². The summed E-state index contributed by atoms with van der Waals surface area (Å²) in [5.41, 5.74) is 6.30. The van der Waals surface area contributed by atoms with E-state index in [2.05, 4.69) is 10.6 Å². The smallest absolute Gasteiger partial charge is 0.262 e. The molecule has 106 valence electrons. The number of thiophene rings is 1. The number of amides is 2. The highest BCUT2D eigenvalue weighted by Crippen LogP contribution is 2.23. The minimum absolute atomic E-state index is 0.177. The summed E-state index contributed by atoms with van der Waals surface area (Å²) in [6, 6.07) is 1.07. The summed E-state index contributed by atoms with van der Waals surface area (Å²) in [4.78, 5) is 25.1. The molecule has 0 saturated carbocycles. The molecule has 1 rings (SSSR count). The molecule has 5 nitrogen and oxygen atoms in total. The van der Waals surface area contributed by atoms with Crippen LogP contribution in [-0.4, -0.2) is 24.4 Å². The zero-order chi connectivity index (χ0) is 14.6. The second-order valence-electron chi connectivity index (χ2n) is 4.96. The molecule has 0 aromatic carbocycles. The fourth-order valence-electron chi connectivity index (χ4n) is 1.40. The Kier molecular flexibility index (Phi) is 5.35. The van der Waals surface area contributed by atoms with Crippen LogP contribution in [0.15, 0.2) is 6.07 Å². The Labute approximate surface area is 117 Å². The van der Waals surface area contributed by atoms with Gasteiger partial charge in [0.1, 0.15) is 6.04 Å². The van der Waals surface area contributed by atoms with E-state index in [1.165, 1.54) is 11.3 Å². The van der Waals surface area contributed by atoms with Crippen LogP contribution in [0, 0.1) is 12.8 Å². The van der Waals surface area contributed by atoms with Crippen LogP contribution in [0.3, 0.4) is 0 Å². The predicted octanol–water partition coefficient (Wildman–Crippen LogP) is 1.53. The molecular formula is C13H21N3O2S. The van der Waals surface area contributed by atoms with Crippen LogP contribution in [0.2, 0.25) is 0 Å². The van der Waals surface area contributed by atoms with E-state index in [0.29, 0.717) is 23.0 Å². The first-order chi connectivity index (χ1) is 8.81. The molecule has 0 radical (unpaired) electrons. The van der Waals surface area contributed by atoms with Crippen molar-refractivity contribution in [3.63, 3.8) is 0 Å². The summed E-state index contributed by atoms with van der Waals surface area (Å²) >= 11 is 1.33. The second kappa shape index (κ2) is 6.56. The topological polar surface area (TPSA) is 84.2 Å². The lowest BCUT2D eigenvalue weighted by Crippen LogP contribution is -2.45. The summed E-state index contributed by atoms with van der Waals surface area (Å²) in [6.07, 6.45) is 0. The van der Waals surface area contributed by atoms with Crippen LogP contribution in [-0.2, 0) is 4.79 Å². The van der Waals surface area contributed by atoms with Crippen LogP contribution in [0.1, 0.15) is 35.3 Å². The van der Waals surface area contributed by atoms with Crippen LogP contribution < -0.4 is 16.4 Å². The van der Waals surface area contributed by atoms with Gasteiger partial charge in [-0.25, -0.2) is 0 Å². The highest BCUT2D eigenvalue weighted by molar-refractivity contribution is 7.14. The molecule has 1 atom stereocenters. The highest BCUT2D eigenvalue weighted by atomic mass is 32.1. The average Bonchev–Trinajstić information content (AvgIpc) is 2.66. The Morgan fingerprint density at radius 1 is 1.37 bits per heavy atom. The lowest BCUT2D eigenvalue weighted by molar-refractivity contribution is -0.122. The molecule has 2 amide bonds. The first kappa shape index (κ1) is 15.5. The number of nitrogens with two attached hydrogens (primary N) is 1. The number of carbonyl (C=O) groups excluding carboxylic acids is 2. The number of nitrogens with one attached hydrogen (secondary N) is 2. The Bertz CT molecular complexity index is 449. The summed E-state index contributed by atoms with van der Waals surface area (Å²) in [7, 11) is 0. The van der Waals surface area contributed by atoms with Gasteiger partial charge in [0.15, 0.2) is 0 Å². The Morgan fingerprint density at radius 2 is 2.00 bits per heavy atom. The van der Waals surface area contributed by atoms with Gasteiger partial charge >= 0.3 is 0 Å². The van der Waals surface area contributed by atoms with Gasteiger partial charge in [-0.05, 0) is 25.8 Å². The molecule has 1 unspecified atom stereocenters. The van der Waals surface area contributed by atoms with Crippen molar-refractivity contribution in [2.45, 2.75) is 33.7 Å². The summed E-state index contributed by atoms with van der Waals surface area (Å²) < 4.78 is 0. The van der Waals surface area contributed by atoms with Crippen molar-refractivity contribution in [2.75, 3.05) is 12.3 Å². The summed E-state index contributed by atoms with van der Waals surface area (Å²) in [5.74, 6) is -0.0631. The van der Waals surface area contributed by atoms with Crippen molar-refractivity contribution in [1.82, 2.24) is 10.6 Å². The lowest BCUT2D eigenvalue weighted by Gasteiger charge is -2.14. The van der Waals surface area contributed by atoms with E-state index in [4.69, 9.17) is 5.73 Å². The van der Waals surface area contributed by atoms with Gasteiger partial charge < -0.3 is 16.4 Å². The number of aryl methyl sites for hydroxylation is 1. The number of hydrogen-bond acceptors (Lipinski definition) is 4. The van der Waals surface area contributed by atoms with Gasteiger partial charge in [0.25, 0.3) is 5.91 Å². The first-order valence-corrected chi connectivity index (χ1v) is 7.07. The van der Waals surface area contributed by atoms with Crippen LogP contribution in [0.4, 0.5) is 5.69 Å². The van der Waals surface area contributed by atoms with E-state index in [0.717, 1.165) is 4.88 Å². The molecule has 0 aliphatic rings. The molecule has 1 aromatic rings. The van der Waals surface area contributed by atoms with E-state index in [1.807, 2.05) is 20.8 Å². The Hall–Kier alpha value is -1.56. The minimum atomic E-state index is -0.560. The van der Waals surface area contributed by atoms with Crippen molar-refractivity contribution in [1.29, 1.82) is 0 Å². The molecule has 1 heterocycles. The molecule has 19 heavy (non-hydrogen) atoms. The van der Waals surface area contributed by atoms with Crippen LogP contribution >= 0.6 is 11.3 Å². The molecule has 0 bridgehead atoms. The van der Waals surface area contributed by atoms with E-state index < -0.39 is 6.04 Å². The molecule has 1 aromatic heterocycles. The molecule has 0 aliphatic heterocycles. The van der Waals surface area contributed by atoms with Gasteiger partial charge in [-0.1, -0.05) is 13.8 Å². The minimum Gasteiger partial charge on any atom is -0.398 e. The van der Waals surface area contributed by atoms with Gasteiger partial charge in [0.05, 0.1) is 4.88 Å². The maximum absolute atomic E-state index is 11.9. The van der Waals surface area contributed by atoms with E-state index in [1.54, 1.807) is 13.0 Å². The summed E-state index contributed by atoms with van der Waals surface area (Å²) in [6.45, 7) is 8.15. The molecule has 0 fully saturated rings. The van der Waals surface area contributed by atoms with E-state index in [9.17, 15) is 9.59 Å². The fraction of sp³-hybridized carbons (Fsp3) is 0.538. The molecule has 4 N–H and O–H groups in total. The molecule has 0 spiro atoms. The van der Waals surface area contributed by atoms with Crippen LogP contribution in [0.5, 0.6) is 0 Å². The molecule has 6 heteroatoms. The Morgan fingerprint density at radius 3 is 2.47 bits per heavy atom. The number of nitrogen functional groups attached to an aromatic ring is 1. The molecule has 0 aliphatic carbocycles. The van der Waals surface area contributed by atoms with Crippen molar-refractivity contribution < 1.29 is 9.59 Å². The predicted molar refractivity (Wildman–Crippen MR) is 78.2 cm³/mol. The monoisotopic (exact) mass is 283 g/mol. The van der Waals surface area contributed by atoms with Gasteiger partial charge in [-0.2, -0.15) is 0 Å². The van der Waals surface area contributed by atoms with E-state index in [-0.39, 0.29) is 11.8 Å². The van der Waals surface area contributed by atoms with Gasteiger partial charge in [-0.15, -0.1) is 11.3 Å². The first-order valence-electron chi connectivity index (χ1n) is 6.25. The highest BCUT2D eigenvalue weighted by Gasteiger charge is 2.18. The van der Waals surface area contributed by atoms with Crippen molar-refractivity contribution in [3.05, 3.63) is 15.8 Å². The lowest BCUT2D eigenvalue weighted by atomic mass is 10.2. The SMILES string of the molecule is Cc1sc(C(=O)NC(C)C(=O)NCC(C)C)cc1N. The molecular weight excluding hydrogens is 262 g/mol. The maximum atomic E-state index is 11.9. The molecule has 0 saturated heterocycles. The number of carbonyl (C=O) groups is 2. The van der Waals surface area contributed by atoms with Crippen molar-refractivity contribution in [3.8, 4) is 0 Å². The quantitative estimate of drug-likeness (QED) is 0.766. The van der Waals surface area contributed by atoms with Crippen molar-refractivity contribution >= 4 is 28.8 Å². The third kappa shape index (κ3) is 4.55. The zero-order valence-corrected chi connectivity index (χ0v) is 12.6. The average molecular weight is 283 g/mol. The fourth-order valence-corrected chi connectivity index (χ4v) is 2.24. The third-order valence-electron chi connectivity index (χ3n) is 2.61. The largest absolute Gasteiger partial charge is 0.398 e. The third-order valence-corrected chi connectivity index (χ3v) is 3.67. The van der Waals surface area contributed by atoms with E-state index >= 15 is 0 Å². The van der Waals surface area contributed by atoms with Gasteiger partial charge in [-0.3, -0.25) is 9.59 Å². The second-order valence-corrected chi connectivity index (χ2v) is 6.21. The number of anilines is 1. The number of hydrogen-bond donors (Lipinski definition) is 3. The number of rotatable bonds is 5. The normalized spacial score (nSPS) is 12.3. The van der Waals surface area contributed by atoms with Gasteiger partial charge in [0.2, 0.25) is 5.91 Å².